The van der Waals surface area contributed by atoms with Crippen LogP contribution in [0.2, 0.25) is 5.02 Å². The molecule has 2 N–H and O–H groups in total. The van der Waals surface area contributed by atoms with E-state index in [9.17, 15) is 22.8 Å². The van der Waals surface area contributed by atoms with Crippen LogP contribution in [0, 0.1) is 31.3 Å². The number of hydrogen-bond acceptors (Lipinski definition) is 2. The van der Waals surface area contributed by atoms with Gasteiger partial charge in [-0.15, -0.1) is 0 Å². The predicted octanol–water partition coefficient (Wildman–Crippen LogP) is 3.74. The number of benzene rings is 2. The Hall–Kier alpha value is -2.54. The van der Waals surface area contributed by atoms with Gasteiger partial charge in [0, 0.05) is 0 Å². The van der Waals surface area contributed by atoms with Crippen molar-refractivity contribution < 1.29 is 22.8 Å². The third-order valence-corrected chi connectivity index (χ3v) is 3.68. The second kappa shape index (κ2) is 7.57. The lowest BCUT2D eigenvalue weighted by Gasteiger charge is -2.12. The van der Waals surface area contributed by atoms with E-state index in [2.05, 4.69) is 10.6 Å². The average Bonchev–Trinajstić information content (AvgIpc) is 2.54. The quantitative estimate of drug-likeness (QED) is 0.805. The van der Waals surface area contributed by atoms with Crippen LogP contribution < -0.4 is 10.6 Å². The highest BCUT2D eigenvalue weighted by atomic mass is 35.5. The lowest BCUT2D eigenvalue weighted by atomic mass is 10.1. The number of carbonyl (C=O) groups is 2. The van der Waals surface area contributed by atoms with Crippen molar-refractivity contribution in [3.05, 3.63) is 63.4 Å². The topological polar surface area (TPSA) is 58.2 Å². The van der Waals surface area contributed by atoms with Gasteiger partial charge in [0.1, 0.15) is 0 Å². The van der Waals surface area contributed by atoms with Crippen molar-refractivity contribution in [1.82, 2.24) is 5.32 Å². The second-order valence-corrected chi connectivity index (χ2v) is 5.80. The Balaban J connectivity index is 2.03. The fourth-order valence-electron chi connectivity index (χ4n) is 2.21. The molecule has 0 aliphatic rings. The van der Waals surface area contributed by atoms with Gasteiger partial charge in [0.05, 0.1) is 22.8 Å². The van der Waals surface area contributed by atoms with Gasteiger partial charge in [-0.2, -0.15) is 0 Å². The molecular weight excluding hydrogens is 357 g/mol. The first-order chi connectivity index (χ1) is 11.7. The maximum atomic E-state index is 13.5. The Morgan fingerprint density at radius 3 is 2.40 bits per heavy atom. The van der Waals surface area contributed by atoms with Gasteiger partial charge in [-0.1, -0.05) is 17.7 Å². The van der Waals surface area contributed by atoms with Gasteiger partial charge in [0.15, 0.2) is 17.5 Å². The average molecular weight is 371 g/mol. The number of aryl methyl sites for hydroxylation is 2. The molecule has 0 saturated carbocycles. The van der Waals surface area contributed by atoms with Crippen LogP contribution in [0.1, 0.15) is 21.5 Å². The Kier molecular flexibility index (Phi) is 5.69. The first-order valence-electron chi connectivity index (χ1n) is 7.19. The number of carbonyl (C=O) groups excluding carboxylic acids is 2. The number of hydrogen-bond donors (Lipinski definition) is 2. The van der Waals surface area contributed by atoms with Crippen LogP contribution in [0.4, 0.5) is 18.9 Å². The Bertz CT molecular complexity index is 833. The highest BCUT2D eigenvalue weighted by Gasteiger charge is 2.19. The summed E-state index contributed by atoms with van der Waals surface area (Å²) in [6.45, 7) is 3.10. The van der Waals surface area contributed by atoms with E-state index in [1.165, 1.54) is 0 Å². The van der Waals surface area contributed by atoms with Crippen molar-refractivity contribution in [2.24, 2.45) is 0 Å². The second-order valence-electron chi connectivity index (χ2n) is 5.39. The zero-order chi connectivity index (χ0) is 18.7. The largest absolute Gasteiger partial charge is 0.343 e. The SMILES string of the molecule is Cc1cc(C)c(NC(=O)CNC(=O)c2ccc(F)c(F)c2F)c(Cl)c1. The normalized spacial score (nSPS) is 10.5. The molecule has 8 heteroatoms. The van der Waals surface area contributed by atoms with E-state index in [1.807, 2.05) is 13.0 Å². The number of anilines is 1. The Labute approximate surface area is 147 Å². The van der Waals surface area contributed by atoms with Crippen LogP contribution in [0.5, 0.6) is 0 Å². The third-order valence-electron chi connectivity index (χ3n) is 3.39. The predicted molar refractivity (Wildman–Crippen MR) is 88.2 cm³/mol. The first-order valence-corrected chi connectivity index (χ1v) is 7.56. The van der Waals surface area contributed by atoms with Crippen LogP contribution in [-0.2, 0) is 4.79 Å². The minimum absolute atomic E-state index is 0.337. The summed E-state index contributed by atoms with van der Waals surface area (Å²) in [4.78, 5) is 23.7. The molecule has 0 spiro atoms. The van der Waals surface area contributed by atoms with Gasteiger partial charge >= 0.3 is 0 Å². The van der Waals surface area contributed by atoms with Crippen molar-refractivity contribution in [2.45, 2.75) is 13.8 Å². The number of amides is 2. The summed E-state index contributed by atoms with van der Waals surface area (Å²) in [5.74, 6) is -6.42. The van der Waals surface area contributed by atoms with E-state index in [1.54, 1.807) is 13.0 Å². The number of rotatable bonds is 4. The smallest absolute Gasteiger partial charge is 0.254 e. The van der Waals surface area contributed by atoms with E-state index in [0.717, 1.165) is 17.2 Å². The van der Waals surface area contributed by atoms with Crippen molar-refractivity contribution >= 4 is 29.1 Å². The van der Waals surface area contributed by atoms with Crippen molar-refractivity contribution in [2.75, 3.05) is 11.9 Å². The van der Waals surface area contributed by atoms with Crippen LogP contribution in [-0.4, -0.2) is 18.4 Å². The molecule has 0 bridgehead atoms. The Morgan fingerprint density at radius 1 is 1.08 bits per heavy atom. The summed E-state index contributed by atoms with van der Waals surface area (Å²) >= 11 is 6.06. The minimum atomic E-state index is -1.75. The molecule has 2 aromatic carbocycles. The molecule has 0 heterocycles. The molecule has 2 amide bonds. The highest BCUT2D eigenvalue weighted by Crippen LogP contribution is 2.27. The summed E-state index contributed by atoms with van der Waals surface area (Å²) in [6, 6.07) is 4.90. The highest BCUT2D eigenvalue weighted by molar-refractivity contribution is 6.34. The van der Waals surface area contributed by atoms with Gasteiger partial charge in [0.2, 0.25) is 5.91 Å². The number of nitrogens with one attached hydrogen (secondary N) is 2. The van der Waals surface area contributed by atoms with Crippen molar-refractivity contribution in [3.8, 4) is 0 Å². The summed E-state index contributed by atoms with van der Waals surface area (Å²) in [7, 11) is 0. The molecule has 0 fully saturated rings. The maximum Gasteiger partial charge on any atom is 0.254 e. The standard InChI is InChI=1S/C17H14ClF3N2O2/c1-8-5-9(2)16(11(18)6-8)23-13(24)7-22-17(25)10-3-4-12(19)15(21)14(10)20/h3-6H,7H2,1-2H3,(H,22,25)(H,23,24). The minimum Gasteiger partial charge on any atom is -0.343 e. The van der Waals surface area contributed by atoms with Crippen LogP contribution in [0.25, 0.3) is 0 Å². The van der Waals surface area contributed by atoms with Crippen LogP contribution in [0.15, 0.2) is 24.3 Å². The van der Waals surface area contributed by atoms with Gasteiger partial charge < -0.3 is 10.6 Å². The summed E-state index contributed by atoms with van der Waals surface area (Å²) in [5, 5.41) is 5.00. The monoisotopic (exact) mass is 370 g/mol. The molecule has 0 aliphatic carbocycles. The van der Waals surface area contributed by atoms with Crippen LogP contribution in [0.3, 0.4) is 0 Å². The molecule has 0 saturated heterocycles. The lowest BCUT2D eigenvalue weighted by Crippen LogP contribution is -2.33. The molecule has 4 nitrogen and oxygen atoms in total. The van der Waals surface area contributed by atoms with Crippen LogP contribution >= 0.6 is 11.6 Å². The molecule has 0 radical (unpaired) electrons. The molecule has 0 atom stereocenters. The van der Waals surface area contributed by atoms with E-state index >= 15 is 0 Å². The summed E-state index contributed by atoms with van der Waals surface area (Å²) < 4.78 is 39.5. The van der Waals surface area contributed by atoms with E-state index in [-0.39, 0.29) is 0 Å². The molecule has 0 aliphatic heterocycles. The fourth-order valence-corrected chi connectivity index (χ4v) is 2.58. The molecule has 0 unspecified atom stereocenters. The molecule has 0 aromatic heterocycles. The Morgan fingerprint density at radius 2 is 1.76 bits per heavy atom. The summed E-state index contributed by atoms with van der Waals surface area (Å²) in [6.07, 6.45) is 0. The molecule has 25 heavy (non-hydrogen) atoms. The fraction of sp³-hybridized carbons (Fsp3) is 0.176. The lowest BCUT2D eigenvalue weighted by molar-refractivity contribution is -0.115. The van der Waals surface area contributed by atoms with Gasteiger partial charge in [-0.05, 0) is 43.2 Å². The van der Waals surface area contributed by atoms with Crippen molar-refractivity contribution in [1.29, 1.82) is 0 Å². The molecule has 2 rings (SSSR count). The van der Waals surface area contributed by atoms with Crippen molar-refractivity contribution in [3.63, 3.8) is 0 Å². The van der Waals surface area contributed by atoms with E-state index in [0.29, 0.717) is 16.8 Å². The maximum absolute atomic E-state index is 13.5. The zero-order valence-corrected chi connectivity index (χ0v) is 14.1. The third kappa shape index (κ3) is 4.30. The zero-order valence-electron chi connectivity index (χ0n) is 13.3. The molecule has 132 valence electrons. The molecular formula is C17H14ClF3N2O2. The summed E-state index contributed by atoms with van der Waals surface area (Å²) in [5.41, 5.74) is 1.35. The van der Waals surface area contributed by atoms with Gasteiger partial charge in [-0.3, -0.25) is 9.59 Å². The number of halogens is 4. The van der Waals surface area contributed by atoms with Gasteiger partial charge in [0.25, 0.3) is 5.91 Å². The van der Waals surface area contributed by atoms with E-state index < -0.39 is 41.4 Å². The van der Waals surface area contributed by atoms with E-state index in [4.69, 9.17) is 11.6 Å². The molecule has 2 aromatic rings. The first kappa shape index (κ1) is 18.8. The van der Waals surface area contributed by atoms with Gasteiger partial charge in [-0.25, -0.2) is 13.2 Å².